The van der Waals surface area contributed by atoms with Crippen LogP contribution in [0, 0.1) is 5.92 Å². The summed E-state index contributed by atoms with van der Waals surface area (Å²) in [6, 6.07) is 0. The fraction of sp³-hybridized carbons (Fsp3) is 0.714. The Labute approximate surface area is 66.7 Å². The summed E-state index contributed by atoms with van der Waals surface area (Å²) in [5.41, 5.74) is 0. The van der Waals surface area contributed by atoms with E-state index in [0.29, 0.717) is 6.42 Å². The van der Waals surface area contributed by atoms with E-state index < -0.39 is 23.7 Å². The molecule has 1 atom stereocenters. The van der Waals surface area contributed by atoms with Crippen LogP contribution in [-0.2, 0) is 9.59 Å². The number of ketones is 2. The Hall–Kier alpha value is -0.870. The lowest BCUT2D eigenvalue weighted by atomic mass is 10.0. The van der Waals surface area contributed by atoms with Crippen LogP contribution in [0.15, 0.2) is 0 Å². The fourth-order valence-electron chi connectivity index (χ4n) is 1.29. The summed E-state index contributed by atoms with van der Waals surface area (Å²) in [5.74, 6) is -3.87. The van der Waals surface area contributed by atoms with Gasteiger partial charge in [0.15, 0.2) is 0 Å². The normalized spacial score (nSPS) is 24.6. The molecule has 1 aliphatic rings. The highest BCUT2D eigenvalue weighted by molar-refractivity contribution is 6.05. The number of carbonyl (C=O) groups excluding carboxylic acids is 2. The molecular formula is C7H7F3O2. The molecule has 0 aromatic rings. The summed E-state index contributed by atoms with van der Waals surface area (Å²) >= 11 is 0. The van der Waals surface area contributed by atoms with Crippen LogP contribution >= 0.6 is 0 Å². The summed E-state index contributed by atoms with van der Waals surface area (Å²) in [6.07, 6.45) is -4.31. The van der Waals surface area contributed by atoms with Crippen LogP contribution in [0.1, 0.15) is 19.3 Å². The van der Waals surface area contributed by atoms with Crippen molar-refractivity contribution in [3.63, 3.8) is 0 Å². The van der Waals surface area contributed by atoms with Crippen molar-refractivity contribution >= 4 is 11.6 Å². The van der Waals surface area contributed by atoms with Crippen molar-refractivity contribution in [3.05, 3.63) is 0 Å². The zero-order valence-corrected chi connectivity index (χ0v) is 6.15. The molecule has 1 saturated carbocycles. The van der Waals surface area contributed by atoms with Gasteiger partial charge in [0.2, 0.25) is 5.78 Å². The molecule has 0 bridgehead atoms. The number of carbonyl (C=O) groups is 2. The molecule has 1 rings (SSSR count). The lowest BCUT2D eigenvalue weighted by molar-refractivity contribution is -0.176. The molecule has 0 unspecified atom stereocenters. The van der Waals surface area contributed by atoms with Crippen LogP contribution in [0.5, 0.6) is 0 Å². The Morgan fingerprint density at radius 3 is 2.33 bits per heavy atom. The third-order valence-electron chi connectivity index (χ3n) is 1.90. The molecule has 0 heterocycles. The summed E-state index contributed by atoms with van der Waals surface area (Å²) in [7, 11) is 0. The zero-order chi connectivity index (χ0) is 9.35. The lowest BCUT2D eigenvalue weighted by Gasteiger charge is -2.08. The lowest BCUT2D eigenvalue weighted by Crippen LogP contribution is -2.32. The number of Topliss-reactive ketones (excluding diaryl/α,β-unsaturated/α-hetero) is 2. The maximum absolute atomic E-state index is 11.8. The van der Waals surface area contributed by atoms with Crippen molar-refractivity contribution in [2.24, 2.45) is 5.92 Å². The molecule has 0 amide bonds. The van der Waals surface area contributed by atoms with Crippen LogP contribution in [0.4, 0.5) is 13.2 Å². The maximum Gasteiger partial charge on any atom is 0.450 e. The van der Waals surface area contributed by atoms with Gasteiger partial charge in [-0.3, -0.25) is 9.59 Å². The predicted molar refractivity (Wildman–Crippen MR) is 33.4 cm³/mol. The molecule has 0 N–H and O–H groups in total. The first-order valence-corrected chi connectivity index (χ1v) is 3.56. The molecule has 5 heteroatoms. The van der Waals surface area contributed by atoms with Gasteiger partial charge in [-0.2, -0.15) is 13.2 Å². The molecular weight excluding hydrogens is 173 g/mol. The Morgan fingerprint density at radius 2 is 2.00 bits per heavy atom. The summed E-state index contributed by atoms with van der Waals surface area (Å²) in [4.78, 5) is 21.3. The topological polar surface area (TPSA) is 34.1 Å². The molecule has 0 aromatic heterocycles. The molecule has 0 aromatic carbocycles. The standard InChI is InChI=1S/C7H7F3O2/c8-7(9,10)6(12)4-2-1-3-5(4)11/h4H,1-3H2/t4-/m1/s1. The van der Waals surface area contributed by atoms with Crippen LogP contribution in [-0.4, -0.2) is 17.7 Å². The Morgan fingerprint density at radius 1 is 1.42 bits per heavy atom. The van der Waals surface area contributed by atoms with E-state index in [9.17, 15) is 22.8 Å². The largest absolute Gasteiger partial charge is 0.450 e. The minimum absolute atomic E-state index is 0.0528. The number of rotatable bonds is 1. The third-order valence-corrected chi connectivity index (χ3v) is 1.90. The molecule has 2 nitrogen and oxygen atoms in total. The minimum atomic E-state index is -4.86. The maximum atomic E-state index is 11.8. The Balaban J connectivity index is 2.71. The molecule has 0 saturated heterocycles. The van der Waals surface area contributed by atoms with E-state index in [1.807, 2.05) is 0 Å². The van der Waals surface area contributed by atoms with E-state index in [1.54, 1.807) is 0 Å². The smallest absolute Gasteiger partial charge is 0.299 e. The van der Waals surface area contributed by atoms with Crippen molar-refractivity contribution in [2.75, 3.05) is 0 Å². The molecule has 0 aliphatic heterocycles. The molecule has 0 radical (unpaired) electrons. The first-order chi connectivity index (χ1) is 5.43. The van der Waals surface area contributed by atoms with Gasteiger partial charge in [-0.25, -0.2) is 0 Å². The zero-order valence-electron chi connectivity index (χ0n) is 6.15. The van der Waals surface area contributed by atoms with Crippen molar-refractivity contribution in [1.82, 2.24) is 0 Å². The fourth-order valence-corrected chi connectivity index (χ4v) is 1.29. The van der Waals surface area contributed by atoms with Crippen molar-refractivity contribution in [1.29, 1.82) is 0 Å². The van der Waals surface area contributed by atoms with Gasteiger partial charge in [0.25, 0.3) is 0 Å². The van der Waals surface area contributed by atoms with E-state index in [2.05, 4.69) is 0 Å². The molecule has 12 heavy (non-hydrogen) atoms. The van der Waals surface area contributed by atoms with Gasteiger partial charge in [-0.05, 0) is 12.8 Å². The van der Waals surface area contributed by atoms with E-state index >= 15 is 0 Å². The molecule has 68 valence electrons. The van der Waals surface area contributed by atoms with Crippen LogP contribution in [0.2, 0.25) is 0 Å². The summed E-state index contributed by atoms with van der Waals surface area (Å²) in [6.45, 7) is 0. The first kappa shape index (κ1) is 9.22. The molecule has 0 spiro atoms. The highest BCUT2D eigenvalue weighted by Gasteiger charge is 2.47. The quantitative estimate of drug-likeness (QED) is 0.573. The van der Waals surface area contributed by atoms with Crippen LogP contribution in [0.25, 0.3) is 0 Å². The van der Waals surface area contributed by atoms with Gasteiger partial charge in [-0.1, -0.05) is 0 Å². The third kappa shape index (κ3) is 1.65. The molecule has 1 aliphatic carbocycles. The van der Waals surface area contributed by atoms with Crippen molar-refractivity contribution in [3.8, 4) is 0 Å². The number of hydrogen-bond donors (Lipinski definition) is 0. The van der Waals surface area contributed by atoms with Gasteiger partial charge >= 0.3 is 6.18 Å². The van der Waals surface area contributed by atoms with Crippen molar-refractivity contribution < 1.29 is 22.8 Å². The number of hydrogen-bond acceptors (Lipinski definition) is 2. The van der Waals surface area contributed by atoms with Crippen molar-refractivity contribution in [2.45, 2.75) is 25.4 Å². The van der Waals surface area contributed by atoms with Gasteiger partial charge in [-0.15, -0.1) is 0 Å². The average Bonchev–Trinajstić information content (AvgIpc) is 2.31. The van der Waals surface area contributed by atoms with Gasteiger partial charge in [0.1, 0.15) is 5.78 Å². The van der Waals surface area contributed by atoms with E-state index in [1.165, 1.54) is 0 Å². The van der Waals surface area contributed by atoms with Gasteiger partial charge in [0, 0.05) is 6.42 Å². The Bertz CT molecular complexity index is 219. The summed E-state index contributed by atoms with van der Waals surface area (Å²) in [5, 5.41) is 0. The SMILES string of the molecule is O=C1CCC[C@H]1C(=O)C(F)(F)F. The number of halogens is 3. The monoisotopic (exact) mass is 180 g/mol. The Kier molecular flexibility index (Phi) is 2.21. The van der Waals surface area contributed by atoms with E-state index in [-0.39, 0.29) is 12.8 Å². The highest BCUT2D eigenvalue weighted by Crippen LogP contribution is 2.29. The van der Waals surface area contributed by atoms with Crippen LogP contribution in [0.3, 0.4) is 0 Å². The first-order valence-electron chi connectivity index (χ1n) is 3.56. The number of alkyl halides is 3. The predicted octanol–water partition coefficient (Wildman–Crippen LogP) is 1.49. The van der Waals surface area contributed by atoms with Crippen LogP contribution < -0.4 is 0 Å². The average molecular weight is 180 g/mol. The second kappa shape index (κ2) is 2.88. The second-order valence-electron chi connectivity index (χ2n) is 2.77. The van der Waals surface area contributed by atoms with Gasteiger partial charge in [0.05, 0.1) is 5.92 Å². The minimum Gasteiger partial charge on any atom is -0.299 e. The van der Waals surface area contributed by atoms with E-state index in [0.717, 1.165) is 0 Å². The molecule has 1 fully saturated rings. The summed E-state index contributed by atoms with van der Waals surface area (Å²) < 4.78 is 35.3. The highest BCUT2D eigenvalue weighted by atomic mass is 19.4. The van der Waals surface area contributed by atoms with E-state index in [4.69, 9.17) is 0 Å². The van der Waals surface area contributed by atoms with Gasteiger partial charge < -0.3 is 0 Å². The second-order valence-corrected chi connectivity index (χ2v) is 2.77.